The van der Waals surface area contributed by atoms with E-state index in [2.05, 4.69) is 0 Å². The molecule has 0 aromatic carbocycles. The van der Waals surface area contributed by atoms with Crippen molar-refractivity contribution in [3.8, 4) is 0 Å². The molecule has 196 valence electrons. The molecule has 2 fully saturated rings. The zero-order valence-corrected chi connectivity index (χ0v) is 19.5. The molecule has 11 nitrogen and oxygen atoms in total. The molecule has 2 aliphatic rings. The highest BCUT2D eigenvalue weighted by molar-refractivity contribution is 5.84. The third-order valence-corrected chi connectivity index (χ3v) is 6.91. The summed E-state index contributed by atoms with van der Waals surface area (Å²) >= 11 is 0. The molecule has 1 saturated carbocycles. The van der Waals surface area contributed by atoms with Gasteiger partial charge in [-0.05, 0) is 38.0 Å². The van der Waals surface area contributed by atoms with Crippen molar-refractivity contribution in [3.05, 3.63) is 0 Å². The molecule has 9 atom stereocenters. The second-order valence-electron chi connectivity index (χ2n) is 9.33. The molecule has 34 heavy (non-hydrogen) atoms. The molecule has 0 bridgehead atoms. The maximum absolute atomic E-state index is 12.4. The van der Waals surface area contributed by atoms with E-state index in [1.165, 1.54) is 0 Å². The van der Waals surface area contributed by atoms with E-state index in [1.807, 2.05) is 6.92 Å². The molecule has 1 heterocycles. The van der Waals surface area contributed by atoms with E-state index < -0.39 is 54.9 Å². The maximum Gasteiger partial charge on any atom is 0.335 e. The molecular weight excluding hydrogens is 452 g/mol. The van der Waals surface area contributed by atoms with Crippen LogP contribution < -0.4 is 0 Å². The highest BCUT2D eigenvalue weighted by atomic mass is 16.7. The van der Waals surface area contributed by atoms with Gasteiger partial charge in [0, 0.05) is 18.8 Å². The molecule has 1 aliphatic carbocycles. The third-order valence-electron chi connectivity index (χ3n) is 6.91. The number of aliphatic carboxylic acids is 2. The Morgan fingerprint density at radius 2 is 1.68 bits per heavy atom. The van der Waals surface area contributed by atoms with Crippen molar-refractivity contribution in [3.63, 3.8) is 0 Å². The molecule has 0 spiro atoms. The number of aliphatic hydroxyl groups is 4. The van der Waals surface area contributed by atoms with Crippen LogP contribution in [-0.4, -0.2) is 91.3 Å². The second kappa shape index (κ2) is 13.5. The first-order valence-corrected chi connectivity index (χ1v) is 12.1. The van der Waals surface area contributed by atoms with Gasteiger partial charge in [-0.3, -0.25) is 9.59 Å². The van der Waals surface area contributed by atoms with Crippen LogP contribution in [0.1, 0.15) is 71.1 Å². The summed E-state index contributed by atoms with van der Waals surface area (Å²) in [6, 6.07) is 0. The average Bonchev–Trinajstić information content (AvgIpc) is 3.05. The Kier molecular flexibility index (Phi) is 11.3. The van der Waals surface area contributed by atoms with Gasteiger partial charge in [0.1, 0.15) is 24.1 Å². The normalized spacial score (nSPS) is 34.8. The van der Waals surface area contributed by atoms with Crippen LogP contribution in [0.4, 0.5) is 0 Å². The highest BCUT2D eigenvalue weighted by Crippen LogP contribution is 2.37. The zero-order chi connectivity index (χ0) is 25.4. The minimum atomic E-state index is -1.79. The summed E-state index contributed by atoms with van der Waals surface area (Å²) in [5, 5.41) is 58.2. The van der Waals surface area contributed by atoms with Crippen molar-refractivity contribution in [2.75, 3.05) is 0 Å². The highest BCUT2D eigenvalue weighted by Gasteiger charge is 2.48. The third kappa shape index (κ3) is 7.69. The molecule has 1 aliphatic heterocycles. The fourth-order valence-corrected chi connectivity index (χ4v) is 4.88. The number of rotatable bonds is 14. The van der Waals surface area contributed by atoms with Crippen molar-refractivity contribution in [2.45, 2.75) is 114 Å². The molecular formula is C23H38O11. The van der Waals surface area contributed by atoms with Crippen LogP contribution in [0.25, 0.3) is 0 Å². The van der Waals surface area contributed by atoms with Crippen LogP contribution in [-0.2, 0) is 23.9 Å². The fourth-order valence-electron chi connectivity index (χ4n) is 4.88. The maximum atomic E-state index is 12.4. The van der Waals surface area contributed by atoms with Gasteiger partial charge < -0.3 is 40.1 Å². The van der Waals surface area contributed by atoms with Gasteiger partial charge in [-0.15, -0.1) is 0 Å². The van der Waals surface area contributed by atoms with Crippen molar-refractivity contribution in [1.82, 2.24) is 0 Å². The Morgan fingerprint density at radius 1 is 1.00 bits per heavy atom. The van der Waals surface area contributed by atoms with Crippen LogP contribution in [0.2, 0.25) is 0 Å². The first-order valence-electron chi connectivity index (χ1n) is 12.1. The molecule has 0 amide bonds. The summed E-state index contributed by atoms with van der Waals surface area (Å²) in [5.74, 6) is -2.82. The summed E-state index contributed by atoms with van der Waals surface area (Å²) in [7, 11) is 0. The number of carbonyl (C=O) groups is 3. The minimum Gasteiger partial charge on any atom is -0.481 e. The Bertz CT molecular complexity index is 684. The fraction of sp³-hybridized carbons (Fsp3) is 0.870. The molecule has 1 saturated heterocycles. The number of unbranched alkanes of at least 4 members (excludes halogenated alkanes) is 3. The van der Waals surface area contributed by atoms with Crippen LogP contribution in [0.3, 0.4) is 0 Å². The summed E-state index contributed by atoms with van der Waals surface area (Å²) in [6.45, 7) is 1.82. The number of ketones is 1. The molecule has 2 rings (SSSR count). The average molecular weight is 491 g/mol. The summed E-state index contributed by atoms with van der Waals surface area (Å²) in [4.78, 5) is 34.3. The smallest absolute Gasteiger partial charge is 0.335 e. The lowest BCUT2D eigenvalue weighted by Crippen LogP contribution is -2.60. The van der Waals surface area contributed by atoms with E-state index in [4.69, 9.17) is 14.6 Å². The number of carboxylic acids is 2. The van der Waals surface area contributed by atoms with Gasteiger partial charge in [-0.25, -0.2) is 4.79 Å². The van der Waals surface area contributed by atoms with Gasteiger partial charge in [0.25, 0.3) is 0 Å². The van der Waals surface area contributed by atoms with Gasteiger partial charge in [0.2, 0.25) is 0 Å². The molecule has 5 unspecified atom stereocenters. The van der Waals surface area contributed by atoms with Crippen LogP contribution >= 0.6 is 0 Å². The Morgan fingerprint density at radius 3 is 2.29 bits per heavy atom. The molecule has 0 aromatic rings. The monoisotopic (exact) mass is 490 g/mol. The minimum absolute atomic E-state index is 0.0180. The van der Waals surface area contributed by atoms with E-state index >= 15 is 0 Å². The predicted molar refractivity (Wildman–Crippen MR) is 117 cm³/mol. The van der Waals surface area contributed by atoms with E-state index in [0.29, 0.717) is 32.1 Å². The first-order chi connectivity index (χ1) is 16.1. The van der Waals surface area contributed by atoms with Gasteiger partial charge >= 0.3 is 11.9 Å². The number of hydrogen-bond acceptors (Lipinski definition) is 9. The van der Waals surface area contributed by atoms with Gasteiger partial charge in [0.05, 0.1) is 12.2 Å². The van der Waals surface area contributed by atoms with Crippen LogP contribution in [0.5, 0.6) is 0 Å². The number of hydrogen-bond donors (Lipinski definition) is 6. The standard InChI is InChI=1S/C23H38O11/c1-2-12(33-23-20(30)18(28)19(29)21(34-23)22(31)32)9-10-14-13(15(24)11-16(14)25)7-5-3-4-6-8-17(26)27/h12-14,16,18-21,23,25,28-30H,2-11H2,1H3,(H,26,27)(H,31,32)/t12?,13?,14?,16?,18-,19-,20+,21-,23?/m0/s1. The van der Waals surface area contributed by atoms with Crippen molar-refractivity contribution in [2.24, 2.45) is 11.8 Å². The van der Waals surface area contributed by atoms with Crippen molar-refractivity contribution in [1.29, 1.82) is 0 Å². The predicted octanol–water partition coefficient (Wildman–Crippen LogP) is 0.445. The van der Waals surface area contributed by atoms with Crippen LogP contribution in [0, 0.1) is 11.8 Å². The molecule has 6 N–H and O–H groups in total. The lowest BCUT2D eigenvalue weighted by Gasteiger charge is -2.40. The van der Waals surface area contributed by atoms with Crippen LogP contribution in [0.15, 0.2) is 0 Å². The lowest BCUT2D eigenvalue weighted by molar-refractivity contribution is -0.305. The first kappa shape index (κ1) is 28.6. The summed E-state index contributed by atoms with van der Waals surface area (Å²) in [6.07, 6.45) is -4.42. The van der Waals surface area contributed by atoms with Gasteiger partial charge in [-0.2, -0.15) is 0 Å². The quantitative estimate of drug-likeness (QED) is 0.185. The Balaban J connectivity index is 1.88. The number of carbonyl (C=O) groups excluding carboxylic acids is 1. The van der Waals surface area contributed by atoms with E-state index in [9.17, 15) is 39.9 Å². The van der Waals surface area contributed by atoms with Gasteiger partial charge in [0.15, 0.2) is 12.4 Å². The largest absolute Gasteiger partial charge is 0.481 e. The SMILES string of the molecule is CCC(CCC1C(O)CC(=O)C1CCCCCCC(=O)O)OC1O[C@H](C(=O)O)[C@@H](O)[C@H](O)[C@H]1O. The zero-order valence-electron chi connectivity index (χ0n) is 19.5. The summed E-state index contributed by atoms with van der Waals surface area (Å²) < 4.78 is 10.9. The number of carboxylic acid groups (broad SMARTS) is 2. The van der Waals surface area contributed by atoms with Crippen molar-refractivity contribution >= 4 is 17.7 Å². The Labute approximate surface area is 198 Å². The number of aliphatic hydroxyl groups excluding tert-OH is 4. The lowest BCUT2D eigenvalue weighted by atomic mass is 9.85. The Hall–Kier alpha value is -1.63. The topological polar surface area (TPSA) is 191 Å². The summed E-state index contributed by atoms with van der Waals surface area (Å²) in [5.41, 5.74) is 0. The molecule has 0 aromatic heterocycles. The number of ether oxygens (including phenoxy) is 2. The number of Topliss-reactive ketones (excluding diaryl/α,β-unsaturated/α-hetero) is 1. The van der Waals surface area contributed by atoms with Crippen molar-refractivity contribution < 1.29 is 54.5 Å². The van der Waals surface area contributed by atoms with E-state index in [1.54, 1.807) is 0 Å². The van der Waals surface area contributed by atoms with E-state index in [-0.39, 0.29) is 30.5 Å². The molecule has 0 radical (unpaired) electrons. The molecule has 11 heteroatoms. The van der Waals surface area contributed by atoms with E-state index in [0.717, 1.165) is 19.3 Å². The second-order valence-corrected chi connectivity index (χ2v) is 9.33. The van der Waals surface area contributed by atoms with Gasteiger partial charge in [-0.1, -0.05) is 26.2 Å².